The van der Waals surface area contributed by atoms with Crippen molar-refractivity contribution >= 4 is 5.69 Å². The number of aryl methyl sites for hydroxylation is 2. The molecule has 0 saturated heterocycles. The number of benzene rings is 2. The Labute approximate surface area is 113 Å². The minimum Gasteiger partial charge on any atom is -0.489 e. The highest BCUT2D eigenvalue weighted by molar-refractivity contribution is 5.52. The molecule has 0 aromatic heterocycles. The van der Waals surface area contributed by atoms with Crippen molar-refractivity contribution < 1.29 is 9.13 Å². The van der Waals surface area contributed by atoms with Crippen molar-refractivity contribution in [1.29, 1.82) is 0 Å². The Hall–Kier alpha value is -2.03. The molecule has 0 radical (unpaired) electrons. The quantitative estimate of drug-likeness (QED) is 0.894. The second-order valence-corrected chi connectivity index (χ2v) is 4.61. The van der Waals surface area contributed by atoms with E-state index in [9.17, 15) is 4.39 Å². The summed E-state index contributed by atoms with van der Waals surface area (Å²) in [6.07, 6.45) is 0. The number of halogens is 1. The molecule has 3 heteroatoms. The first-order valence-corrected chi connectivity index (χ1v) is 6.26. The van der Waals surface area contributed by atoms with E-state index in [0.29, 0.717) is 12.4 Å². The first-order valence-electron chi connectivity index (χ1n) is 6.26. The molecule has 0 heterocycles. The molecule has 2 nitrogen and oxygen atoms in total. The van der Waals surface area contributed by atoms with Crippen LogP contribution in [0.3, 0.4) is 0 Å². The van der Waals surface area contributed by atoms with E-state index in [0.717, 1.165) is 16.8 Å². The van der Waals surface area contributed by atoms with Crippen molar-refractivity contribution in [3.8, 4) is 5.75 Å². The Balaban J connectivity index is 2.16. The summed E-state index contributed by atoms with van der Waals surface area (Å²) in [7, 11) is 1.89. The van der Waals surface area contributed by atoms with Crippen molar-refractivity contribution in [2.24, 2.45) is 0 Å². The molecular formula is C16H18FNO. The van der Waals surface area contributed by atoms with Gasteiger partial charge in [-0.05, 0) is 43.7 Å². The SMILES string of the molecule is CNc1ccc(C)cc1COc1ccc(F)cc1C. The van der Waals surface area contributed by atoms with E-state index in [1.165, 1.54) is 17.7 Å². The van der Waals surface area contributed by atoms with Gasteiger partial charge in [-0.2, -0.15) is 0 Å². The van der Waals surface area contributed by atoms with E-state index in [-0.39, 0.29) is 5.82 Å². The van der Waals surface area contributed by atoms with Crippen LogP contribution in [0, 0.1) is 19.7 Å². The van der Waals surface area contributed by atoms with Gasteiger partial charge in [0.05, 0.1) is 0 Å². The summed E-state index contributed by atoms with van der Waals surface area (Å²) in [6.45, 7) is 4.35. The number of anilines is 1. The van der Waals surface area contributed by atoms with Crippen LogP contribution in [0.25, 0.3) is 0 Å². The summed E-state index contributed by atoms with van der Waals surface area (Å²) in [5.41, 5.74) is 4.13. The molecule has 0 aliphatic heterocycles. The Morgan fingerprint density at radius 2 is 1.89 bits per heavy atom. The molecule has 19 heavy (non-hydrogen) atoms. The third kappa shape index (κ3) is 3.25. The zero-order chi connectivity index (χ0) is 13.8. The summed E-state index contributed by atoms with van der Waals surface area (Å²) >= 11 is 0. The van der Waals surface area contributed by atoms with Crippen molar-refractivity contribution in [3.63, 3.8) is 0 Å². The third-order valence-corrected chi connectivity index (χ3v) is 3.05. The zero-order valence-electron chi connectivity index (χ0n) is 11.5. The lowest BCUT2D eigenvalue weighted by Crippen LogP contribution is -2.02. The van der Waals surface area contributed by atoms with Crippen molar-refractivity contribution in [3.05, 3.63) is 58.9 Å². The molecule has 0 fully saturated rings. The number of hydrogen-bond donors (Lipinski definition) is 1. The van der Waals surface area contributed by atoms with Gasteiger partial charge in [0.15, 0.2) is 0 Å². The molecule has 0 atom stereocenters. The monoisotopic (exact) mass is 259 g/mol. The fraction of sp³-hybridized carbons (Fsp3) is 0.250. The van der Waals surface area contributed by atoms with E-state index in [1.807, 2.05) is 27.0 Å². The van der Waals surface area contributed by atoms with Crippen LogP contribution in [0.5, 0.6) is 5.75 Å². The normalized spacial score (nSPS) is 10.3. The molecule has 0 unspecified atom stereocenters. The molecule has 0 saturated carbocycles. The van der Waals surface area contributed by atoms with E-state index in [2.05, 4.69) is 17.4 Å². The van der Waals surface area contributed by atoms with Gasteiger partial charge in [-0.3, -0.25) is 0 Å². The minimum absolute atomic E-state index is 0.240. The van der Waals surface area contributed by atoms with Crippen molar-refractivity contribution in [2.45, 2.75) is 20.5 Å². The number of nitrogens with one attached hydrogen (secondary N) is 1. The van der Waals surface area contributed by atoms with Crippen LogP contribution < -0.4 is 10.1 Å². The highest BCUT2D eigenvalue weighted by Crippen LogP contribution is 2.22. The Morgan fingerprint density at radius 1 is 1.11 bits per heavy atom. The van der Waals surface area contributed by atoms with E-state index in [4.69, 9.17) is 4.74 Å². The molecule has 1 N–H and O–H groups in total. The van der Waals surface area contributed by atoms with Gasteiger partial charge in [0, 0.05) is 18.3 Å². The van der Waals surface area contributed by atoms with E-state index in [1.54, 1.807) is 6.07 Å². The fourth-order valence-electron chi connectivity index (χ4n) is 2.02. The highest BCUT2D eigenvalue weighted by Gasteiger charge is 2.05. The molecular weight excluding hydrogens is 241 g/mol. The van der Waals surface area contributed by atoms with Crippen LogP contribution in [0.2, 0.25) is 0 Å². The summed E-state index contributed by atoms with van der Waals surface area (Å²) in [4.78, 5) is 0. The zero-order valence-corrected chi connectivity index (χ0v) is 11.5. The minimum atomic E-state index is -0.240. The van der Waals surface area contributed by atoms with Gasteiger partial charge in [0.25, 0.3) is 0 Å². The Bertz CT molecular complexity index is 581. The second-order valence-electron chi connectivity index (χ2n) is 4.61. The van der Waals surface area contributed by atoms with Gasteiger partial charge < -0.3 is 10.1 Å². The first kappa shape index (κ1) is 13.4. The summed E-state index contributed by atoms with van der Waals surface area (Å²) < 4.78 is 18.8. The molecule has 0 spiro atoms. The second kappa shape index (κ2) is 5.74. The highest BCUT2D eigenvalue weighted by atomic mass is 19.1. The lowest BCUT2D eigenvalue weighted by Gasteiger charge is -2.13. The van der Waals surface area contributed by atoms with E-state index >= 15 is 0 Å². The average Bonchev–Trinajstić information content (AvgIpc) is 2.38. The molecule has 2 rings (SSSR count). The number of rotatable bonds is 4. The van der Waals surface area contributed by atoms with Gasteiger partial charge in [-0.25, -0.2) is 4.39 Å². The smallest absolute Gasteiger partial charge is 0.123 e. The maximum Gasteiger partial charge on any atom is 0.123 e. The van der Waals surface area contributed by atoms with Gasteiger partial charge >= 0.3 is 0 Å². The van der Waals surface area contributed by atoms with Crippen LogP contribution >= 0.6 is 0 Å². The number of hydrogen-bond acceptors (Lipinski definition) is 2. The van der Waals surface area contributed by atoms with Crippen molar-refractivity contribution in [2.75, 3.05) is 12.4 Å². The van der Waals surface area contributed by atoms with Gasteiger partial charge in [0.2, 0.25) is 0 Å². The van der Waals surface area contributed by atoms with Crippen molar-refractivity contribution in [1.82, 2.24) is 0 Å². The summed E-state index contributed by atoms with van der Waals surface area (Å²) in [6, 6.07) is 10.7. The molecule has 0 amide bonds. The molecule has 2 aromatic rings. The van der Waals surface area contributed by atoms with E-state index < -0.39 is 0 Å². The first-order chi connectivity index (χ1) is 9.10. The largest absolute Gasteiger partial charge is 0.489 e. The van der Waals surface area contributed by atoms with Crippen LogP contribution in [-0.4, -0.2) is 7.05 Å². The Kier molecular flexibility index (Phi) is 4.05. The van der Waals surface area contributed by atoms with Crippen LogP contribution in [0.4, 0.5) is 10.1 Å². The molecule has 0 aliphatic rings. The van der Waals surface area contributed by atoms with Gasteiger partial charge in [-0.15, -0.1) is 0 Å². The summed E-state index contributed by atoms with van der Waals surface area (Å²) in [5, 5.41) is 3.14. The standard InChI is InChI=1S/C16H18FNO/c1-11-4-6-15(18-3)13(8-11)10-19-16-7-5-14(17)9-12(16)2/h4-9,18H,10H2,1-3H3. The van der Waals surface area contributed by atoms with Crippen LogP contribution in [0.1, 0.15) is 16.7 Å². The third-order valence-electron chi connectivity index (χ3n) is 3.05. The lowest BCUT2D eigenvalue weighted by molar-refractivity contribution is 0.304. The predicted octanol–water partition coefficient (Wildman–Crippen LogP) is 4.06. The molecule has 2 aromatic carbocycles. The van der Waals surface area contributed by atoms with Crippen LogP contribution in [-0.2, 0) is 6.61 Å². The molecule has 0 bridgehead atoms. The molecule has 100 valence electrons. The maximum atomic E-state index is 13.0. The maximum absolute atomic E-state index is 13.0. The lowest BCUT2D eigenvalue weighted by atomic mass is 10.1. The van der Waals surface area contributed by atoms with Crippen LogP contribution in [0.15, 0.2) is 36.4 Å². The average molecular weight is 259 g/mol. The fourth-order valence-corrected chi connectivity index (χ4v) is 2.02. The predicted molar refractivity (Wildman–Crippen MR) is 76.2 cm³/mol. The topological polar surface area (TPSA) is 21.3 Å². The summed E-state index contributed by atoms with van der Waals surface area (Å²) in [5.74, 6) is 0.473. The Morgan fingerprint density at radius 3 is 2.58 bits per heavy atom. The molecule has 0 aliphatic carbocycles. The van der Waals surface area contributed by atoms with Gasteiger partial charge in [0.1, 0.15) is 18.2 Å². The number of ether oxygens (including phenoxy) is 1. The van der Waals surface area contributed by atoms with Gasteiger partial charge in [-0.1, -0.05) is 17.7 Å².